The van der Waals surface area contributed by atoms with Gasteiger partial charge in [0.25, 0.3) is 5.56 Å². The number of carboxylic acids is 1. The first-order chi connectivity index (χ1) is 13.3. The van der Waals surface area contributed by atoms with Crippen molar-refractivity contribution >= 4 is 22.9 Å². The van der Waals surface area contributed by atoms with Gasteiger partial charge >= 0.3 is 12.0 Å². The van der Waals surface area contributed by atoms with E-state index in [-0.39, 0.29) is 21.9 Å². The number of aromatic amines is 1. The zero-order valence-electron chi connectivity index (χ0n) is 15.7. The van der Waals surface area contributed by atoms with Crippen LogP contribution in [0.5, 0.6) is 0 Å². The summed E-state index contributed by atoms with van der Waals surface area (Å²) in [5.41, 5.74) is 3.04. The zero-order chi connectivity index (χ0) is 20.1. The molecule has 1 saturated carbocycles. The van der Waals surface area contributed by atoms with Crippen LogP contribution >= 0.6 is 0 Å². The van der Waals surface area contributed by atoms with E-state index in [0.717, 1.165) is 28.7 Å². The predicted molar refractivity (Wildman–Crippen MR) is 105 cm³/mol. The van der Waals surface area contributed by atoms with Crippen LogP contribution in [-0.4, -0.2) is 26.9 Å². The van der Waals surface area contributed by atoms with Crippen molar-refractivity contribution in [3.8, 4) is 0 Å². The van der Waals surface area contributed by atoms with Crippen LogP contribution in [0.1, 0.15) is 46.8 Å². The number of rotatable bonds is 4. The number of H-pyrrole nitrogens is 1. The Kier molecular flexibility index (Phi) is 4.10. The van der Waals surface area contributed by atoms with Crippen molar-refractivity contribution in [1.29, 1.82) is 0 Å². The Hall–Kier alpha value is -3.35. The summed E-state index contributed by atoms with van der Waals surface area (Å²) in [5, 5.41) is 14.9. The molecular formula is C21H21N3O4. The lowest BCUT2D eigenvalue weighted by atomic mass is 9.90. The Morgan fingerprint density at radius 1 is 1.21 bits per heavy atom. The molecule has 3 aromatic rings. The van der Waals surface area contributed by atoms with Gasteiger partial charge in [-0.05, 0) is 54.0 Å². The molecule has 1 amide bonds. The third kappa shape index (κ3) is 2.89. The smallest absolute Gasteiger partial charge is 0.343 e. The maximum Gasteiger partial charge on any atom is 0.343 e. The highest BCUT2D eigenvalue weighted by Gasteiger charge is 2.40. The van der Waals surface area contributed by atoms with Crippen LogP contribution in [0.15, 0.2) is 41.2 Å². The minimum absolute atomic E-state index is 0.0519. The average molecular weight is 379 g/mol. The van der Waals surface area contributed by atoms with Crippen molar-refractivity contribution in [3.05, 3.63) is 69.0 Å². The van der Waals surface area contributed by atoms with Crippen molar-refractivity contribution < 1.29 is 14.7 Å². The number of carbonyl (C=O) groups excluding carboxylic acids is 1. The number of nitrogens with zero attached hydrogens (tertiary/aromatic N) is 1. The van der Waals surface area contributed by atoms with Crippen LogP contribution in [0.3, 0.4) is 0 Å². The van der Waals surface area contributed by atoms with Gasteiger partial charge in [-0.2, -0.15) is 4.68 Å². The van der Waals surface area contributed by atoms with Gasteiger partial charge in [0.1, 0.15) is 0 Å². The molecule has 28 heavy (non-hydrogen) atoms. The van der Waals surface area contributed by atoms with E-state index in [1.165, 1.54) is 23.8 Å². The lowest BCUT2D eigenvalue weighted by molar-refractivity contribution is 0.0698. The van der Waals surface area contributed by atoms with E-state index in [1.807, 2.05) is 19.1 Å². The topological polar surface area (TPSA) is 104 Å². The Bertz CT molecular complexity index is 1170. The number of amides is 1. The zero-order valence-corrected chi connectivity index (χ0v) is 15.7. The number of nitrogens with one attached hydrogen (secondary N) is 2. The molecule has 0 unspecified atom stereocenters. The fraction of sp³-hybridized carbons (Fsp3) is 0.286. The van der Waals surface area contributed by atoms with E-state index < -0.39 is 17.6 Å². The van der Waals surface area contributed by atoms with Crippen LogP contribution in [0.4, 0.5) is 4.79 Å². The molecule has 144 valence electrons. The molecule has 4 rings (SSSR count). The van der Waals surface area contributed by atoms with Crippen molar-refractivity contribution in [3.63, 3.8) is 0 Å². The first-order valence-electron chi connectivity index (χ1n) is 9.16. The number of aromatic carboxylic acids is 1. The summed E-state index contributed by atoms with van der Waals surface area (Å²) in [6, 6.07) is 9.87. The highest BCUT2D eigenvalue weighted by molar-refractivity contribution is 6.02. The van der Waals surface area contributed by atoms with E-state index in [1.54, 1.807) is 0 Å². The Labute approximate surface area is 161 Å². The molecule has 7 heteroatoms. The van der Waals surface area contributed by atoms with Crippen LogP contribution in [0.2, 0.25) is 0 Å². The molecule has 0 bridgehead atoms. The summed E-state index contributed by atoms with van der Waals surface area (Å²) in [6.45, 7) is 4.51. The summed E-state index contributed by atoms with van der Waals surface area (Å²) in [4.78, 5) is 36.5. The predicted octanol–water partition coefficient (Wildman–Crippen LogP) is 3.15. The quantitative estimate of drug-likeness (QED) is 0.648. The molecule has 7 nitrogen and oxygen atoms in total. The van der Waals surface area contributed by atoms with Crippen molar-refractivity contribution in [2.45, 2.75) is 38.6 Å². The summed E-state index contributed by atoms with van der Waals surface area (Å²) in [7, 11) is 0. The molecule has 2 aromatic carbocycles. The number of aromatic nitrogens is 2. The molecule has 1 heterocycles. The van der Waals surface area contributed by atoms with Gasteiger partial charge in [0.15, 0.2) is 0 Å². The molecule has 1 fully saturated rings. The lowest BCUT2D eigenvalue weighted by Crippen LogP contribution is -2.35. The summed E-state index contributed by atoms with van der Waals surface area (Å²) >= 11 is 0. The monoisotopic (exact) mass is 379 g/mol. The molecule has 1 aliphatic carbocycles. The molecule has 0 saturated heterocycles. The van der Waals surface area contributed by atoms with Gasteiger partial charge in [-0.1, -0.05) is 31.2 Å². The van der Waals surface area contributed by atoms with Gasteiger partial charge in [0.05, 0.1) is 16.5 Å². The van der Waals surface area contributed by atoms with Gasteiger partial charge in [0.2, 0.25) is 0 Å². The minimum Gasteiger partial charge on any atom is -0.478 e. The Morgan fingerprint density at radius 3 is 2.61 bits per heavy atom. The normalized spacial score (nSPS) is 14.8. The van der Waals surface area contributed by atoms with Crippen LogP contribution < -0.4 is 10.9 Å². The van der Waals surface area contributed by atoms with E-state index in [4.69, 9.17) is 0 Å². The third-order valence-corrected chi connectivity index (χ3v) is 5.63. The number of aryl methyl sites for hydroxylation is 1. The number of benzene rings is 2. The average Bonchev–Trinajstić information content (AvgIpc) is 3.33. The largest absolute Gasteiger partial charge is 0.478 e. The van der Waals surface area contributed by atoms with E-state index in [9.17, 15) is 19.5 Å². The second-order valence-corrected chi connectivity index (χ2v) is 7.61. The molecule has 3 N–H and O–H groups in total. The minimum atomic E-state index is -1.17. The lowest BCUT2D eigenvalue weighted by Gasteiger charge is -2.18. The summed E-state index contributed by atoms with van der Waals surface area (Å²) < 4.78 is 0.827. The van der Waals surface area contributed by atoms with Gasteiger partial charge in [-0.3, -0.25) is 9.89 Å². The number of para-hydroxylation sites is 1. The molecule has 0 aliphatic heterocycles. The number of hydrogen-bond acceptors (Lipinski definition) is 3. The summed E-state index contributed by atoms with van der Waals surface area (Å²) in [5.74, 6) is -1.17. The number of hydrogen-bond donors (Lipinski definition) is 3. The van der Waals surface area contributed by atoms with E-state index in [2.05, 4.69) is 23.4 Å². The van der Waals surface area contributed by atoms with E-state index >= 15 is 0 Å². The Morgan fingerprint density at radius 2 is 1.93 bits per heavy atom. The first-order valence-corrected chi connectivity index (χ1v) is 9.16. The second-order valence-electron chi connectivity index (χ2n) is 7.61. The third-order valence-electron chi connectivity index (χ3n) is 5.63. The van der Waals surface area contributed by atoms with Crippen molar-refractivity contribution in [1.82, 2.24) is 15.1 Å². The molecule has 1 aromatic heterocycles. The highest BCUT2D eigenvalue weighted by Crippen LogP contribution is 2.49. The van der Waals surface area contributed by atoms with Crippen molar-refractivity contribution in [2.75, 3.05) is 0 Å². The fourth-order valence-electron chi connectivity index (χ4n) is 3.66. The van der Waals surface area contributed by atoms with Gasteiger partial charge in [0, 0.05) is 6.54 Å². The van der Waals surface area contributed by atoms with Crippen LogP contribution in [0.25, 0.3) is 10.9 Å². The molecule has 0 radical (unpaired) electrons. The maximum atomic E-state index is 12.7. The summed E-state index contributed by atoms with van der Waals surface area (Å²) in [6.07, 6.45) is 2.24. The number of carbonyl (C=O) groups is 2. The standard InChI is InChI=1S/C21H21N3O4/c1-12-5-3-8-16(21(2)9-10-21)15(12)11-22-20(28)24-18(25)13-6-4-7-14(19(26)27)17(13)23-24/h3-8,23H,9-11H2,1-2H3,(H,22,28)(H,26,27). The molecule has 1 aliphatic rings. The van der Waals surface area contributed by atoms with Crippen LogP contribution in [0, 0.1) is 6.92 Å². The molecule has 0 spiro atoms. The van der Waals surface area contributed by atoms with Gasteiger partial charge < -0.3 is 10.4 Å². The second kappa shape index (κ2) is 6.37. The molecule has 0 atom stereocenters. The fourth-order valence-corrected chi connectivity index (χ4v) is 3.66. The SMILES string of the molecule is Cc1cccc(C2(C)CC2)c1CNC(=O)n1[nH]c2c(C(=O)O)cccc2c1=O. The highest BCUT2D eigenvalue weighted by atomic mass is 16.4. The maximum absolute atomic E-state index is 12.7. The number of fused-ring (bicyclic) bond motifs is 1. The van der Waals surface area contributed by atoms with Gasteiger partial charge in [-0.15, -0.1) is 0 Å². The van der Waals surface area contributed by atoms with Gasteiger partial charge in [-0.25, -0.2) is 9.59 Å². The first kappa shape index (κ1) is 18.0. The van der Waals surface area contributed by atoms with Crippen molar-refractivity contribution in [2.24, 2.45) is 0 Å². The molecular weight excluding hydrogens is 358 g/mol. The van der Waals surface area contributed by atoms with Crippen LogP contribution in [-0.2, 0) is 12.0 Å². The van der Waals surface area contributed by atoms with E-state index in [0.29, 0.717) is 6.54 Å². The Balaban J connectivity index is 1.64. The number of carboxylic acid groups (broad SMARTS) is 1.